The average molecular weight is 496 g/mol. The summed E-state index contributed by atoms with van der Waals surface area (Å²) < 4.78 is 15.4. The number of benzene rings is 2. The van der Waals surface area contributed by atoms with E-state index in [0.29, 0.717) is 39.7 Å². The topological polar surface area (TPSA) is 90.9 Å². The highest BCUT2D eigenvalue weighted by Gasteiger charge is 2.49. The van der Waals surface area contributed by atoms with E-state index in [4.69, 9.17) is 25.8 Å². The highest BCUT2D eigenvalue weighted by atomic mass is 35.5. The monoisotopic (exact) mass is 495 g/mol. The molecule has 7 nitrogen and oxygen atoms in total. The van der Waals surface area contributed by atoms with Crippen LogP contribution < -0.4 is 10.1 Å². The number of esters is 2. The summed E-state index contributed by atoms with van der Waals surface area (Å²) >= 11 is 6.54. The second kappa shape index (κ2) is 9.96. The second-order valence-corrected chi connectivity index (χ2v) is 8.86. The van der Waals surface area contributed by atoms with Gasteiger partial charge in [-0.3, -0.25) is 9.59 Å². The number of carbonyl (C=O) groups excluding carboxylic acids is 3. The van der Waals surface area contributed by atoms with Crippen LogP contribution in [0.25, 0.3) is 0 Å². The number of Topliss-reactive ketones (excluding diaryl/α,β-unsaturated/α-hetero) is 1. The van der Waals surface area contributed by atoms with E-state index in [-0.39, 0.29) is 5.57 Å². The summed E-state index contributed by atoms with van der Waals surface area (Å²) in [4.78, 5) is 39.9. The molecule has 0 amide bonds. The lowest BCUT2D eigenvalue weighted by Crippen LogP contribution is -2.43. The van der Waals surface area contributed by atoms with Crippen molar-refractivity contribution in [2.75, 3.05) is 21.3 Å². The summed E-state index contributed by atoms with van der Waals surface area (Å²) in [5.41, 5.74) is 3.20. The van der Waals surface area contributed by atoms with E-state index in [1.807, 2.05) is 12.1 Å². The Bertz CT molecular complexity index is 1250. The Hall–Kier alpha value is -3.58. The molecule has 0 bridgehead atoms. The van der Waals surface area contributed by atoms with Crippen molar-refractivity contribution in [3.8, 4) is 5.75 Å². The number of nitrogens with one attached hydrogen (secondary N) is 1. The van der Waals surface area contributed by atoms with Crippen molar-refractivity contribution in [1.29, 1.82) is 0 Å². The number of hydrogen-bond acceptors (Lipinski definition) is 7. The lowest BCUT2D eigenvalue weighted by molar-refractivity contribution is -0.150. The van der Waals surface area contributed by atoms with E-state index < -0.39 is 35.5 Å². The van der Waals surface area contributed by atoms with Crippen LogP contribution in [-0.2, 0) is 23.9 Å². The van der Waals surface area contributed by atoms with Crippen molar-refractivity contribution >= 4 is 29.3 Å². The quantitative estimate of drug-likeness (QED) is 0.489. The lowest BCUT2D eigenvalue weighted by Gasteiger charge is -2.39. The van der Waals surface area contributed by atoms with Crippen LogP contribution in [0.15, 0.2) is 71.1 Å². The molecule has 2 aromatic rings. The van der Waals surface area contributed by atoms with Gasteiger partial charge in [0.1, 0.15) is 11.7 Å². The van der Waals surface area contributed by atoms with Crippen LogP contribution in [-0.4, -0.2) is 39.1 Å². The zero-order valence-electron chi connectivity index (χ0n) is 19.9. The van der Waals surface area contributed by atoms with Crippen molar-refractivity contribution in [3.05, 3.63) is 87.2 Å². The van der Waals surface area contributed by atoms with Crippen LogP contribution in [0.2, 0.25) is 5.02 Å². The first-order valence-corrected chi connectivity index (χ1v) is 11.5. The molecule has 0 saturated carbocycles. The summed E-state index contributed by atoms with van der Waals surface area (Å²) in [6.07, 6.45) is 0.361. The Labute approximate surface area is 208 Å². The number of ether oxygens (including phenoxy) is 3. The Morgan fingerprint density at radius 2 is 1.69 bits per heavy atom. The minimum Gasteiger partial charge on any atom is -0.497 e. The summed E-state index contributed by atoms with van der Waals surface area (Å²) in [6.45, 7) is 1.76. The maximum absolute atomic E-state index is 14.1. The van der Waals surface area contributed by atoms with E-state index >= 15 is 0 Å². The third-order valence-electron chi connectivity index (χ3n) is 6.64. The van der Waals surface area contributed by atoms with Crippen LogP contribution in [0.4, 0.5) is 0 Å². The molecular formula is C27H26ClNO6. The molecule has 0 saturated heterocycles. The number of ketones is 1. The van der Waals surface area contributed by atoms with Gasteiger partial charge in [0.2, 0.25) is 0 Å². The van der Waals surface area contributed by atoms with E-state index in [9.17, 15) is 14.4 Å². The smallest absolute Gasteiger partial charge is 0.336 e. The van der Waals surface area contributed by atoms with Gasteiger partial charge in [0.25, 0.3) is 0 Å². The number of rotatable bonds is 5. The minimum absolute atomic E-state index is 0.277. The molecule has 8 heteroatoms. The predicted octanol–water partition coefficient (Wildman–Crippen LogP) is 4.28. The predicted molar refractivity (Wildman–Crippen MR) is 130 cm³/mol. The first kappa shape index (κ1) is 24.5. The van der Waals surface area contributed by atoms with Crippen molar-refractivity contribution in [2.24, 2.45) is 5.92 Å². The molecule has 35 heavy (non-hydrogen) atoms. The maximum Gasteiger partial charge on any atom is 0.336 e. The van der Waals surface area contributed by atoms with Gasteiger partial charge in [-0.25, -0.2) is 4.79 Å². The molecule has 2 aliphatic rings. The Morgan fingerprint density at radius 1 is 1.00 bits per heavy atom. The first-order valence-electron chi connectivity index (χ1n) is 11.1. The molecule has 1 N–H and O–H groups in total. The molecule has 0 fully saturated rings. The van der Waals surface area contributed by atoms with Crippen molar-refractivity contribution in [1.82, 2.24) is 5.32 Å². The van der Waals surface area contributed by atoms with Crippen LogP contribution >= 0.6 is 11.6 Å². The van der Waals surface area contributed by atoms with Gasteiger partial charge in [-0.05, 0) is 42.7 Å². The van der Waals surface area contributed by atoms with Gasteiger partial charge in [-0.2, -0.15) is 0 Å². The molecule has 1 heterocycles. The third kappa shape index (κ3) is 4.32. The molecule has 1 aliphatic heterocycles. The lowest BCUT2D eigenvalue weighted by atomic mass is 9.67. The molecule has 0 aromatic heterocycles. The fourth-order valence-corrected chi connectivity index (χ4v) is 5.24. The molecule has 0 unspecified atom stereocenters. The standard InChI is InChI=1S/C27H26ClNO6/c1-14-21(26(31)34-3)22(17-7-5-6-8-19(17)28)24-20(29-14)13-18(23(25(24)30)27(32)35-4)15-9-11-16(33-2)12-10-15/h5-12,18,22-23,29H,13H2,1-4H3/t18-,22-,23+/m1/s1. The van der Waals surface area contributed by atoms with Gasteiger partial charge in [0.15, 0.2) is 5.78 Å². The summed E-state index contributed by atoms with van der Waals surface area (Å²) in [5.74, 6) is -3.30. The van der Waals surface area contributed by atoms with Crippen LogP contribution in [0.1, 0.15) is 36.3 Å². The van der Waals surface area contributed by atoms with Crippen molar-refractivity contribution in [3.63, 3.8) is 0 Å². The van der Waals surface area contributed by atoms with Crippen LogP contribution in [0, 0.1) is 5.92 Å². The summed E-state index contributed by atoms with van der Waals surface area (Å²) in [6, 6.07) is 14.3. The van der Waals surface area contributed by atoms with Crippen LogP contribution in [0.3, 0.4) is 0 Å². The number of halogens is 1. The van der Waals surface area contributed by atoms with Gasteiger partial charge in [0.05, 0.1) is 26.9 Å². The Balaban J connectivity index is 1.90. The van der Waals surface area contributed by atoms with E-state index in [0.717, 1.165) is 5.56 Å². The maximum atomic E-state index is 14.1. The molecular weight excluding hydrogens is 470 g/mol. The third-order valence-corrected chi connectivity index (χ3v) is 6.98. The van der Waals surface area contributed by atoms with Crippen molar-refractivity contribution in [2.45, 2.75) is 25.2 Å². The SMILES string of the molecule is COC(=O)C1=C(C)NC2=C(C(=O)[C@@H](C(=O)OC)[C@@H](c3ccc(OC)cc3)C2)[C@@H]1c1ccccc1Cl. The van der Waals surface area contributed by atoms with Crippen LogP contribution in [0.5, 0.6) is 5.75 Å². The van der Waals surface area contributed by atoms with Gasteiger partial charge < -0.3 is 19.5 Å². The van der Waals surface area contributed by atoms with E-state index in [1.165, 1.54) is 14.2 Å². The van der Waals surface area contributed by atoms with Gasteiger partial charge in [0, 0.05) is 33.8 Å². The van der Waals surface area contributed by atoms with E-state index in [2.05, 4.69) is 5.32 Å². The van der Waals surface area contributed by atoms with E-state index in [1.54, 1.807) is 50.4 Å². The number of hydrogen-bond donors (Lipinski definition) is 1. The van der Waals surface area contributed by atoms with Gasteiger partial charge in [-0.1, -0.05) is 41.9 Å². The number of allylic oxidation sites excluding steroid dienone is 3. The molecule has 1 aliphatic carbocycles. The number of methoxy groups -OCH3 is 3. The zero-order valence-corrected chi connectivity index (χ0v) is 20.6. The molecule has 0 spiro atoms. The molecule has 2 aromatic carbocycles. The average Bonchev–Trinajstić information content (AvgIpc) is 2.87. The fourth-order valence-electron chi connectivity index (χ4n) is 5.00. The van der Waals surface area contributed by atoms with Gasteiger partial charge >= 0.3 is 11.9 Å². The first-order chi connectivity index (χ1) is 16.8. The number of carbonyl (C=O) groups is 3. The molecule has 0 radical (unpaired) electrons. The summed E-state index contributed by atoms with van der Waals surface area (Å²) in [5, 5.41) is 3.65. The number of dihydropyridines is 1. The highest BCUT2D eigenvalue weighted by Crippen LogP contribution is 2.49. The van der Waals surface area contributed by atoms with Gasteiger partial charge in [-0.15, -0.1) is 0 Å². The Kier molecular flexibility index (Phi) is 6.98. The molecule has 182 valence electrons. The fraction of sp³-hybridized carbons (Fsp3) is 0.296. The highest BCUT2D eigenvalue weighted by molar-refractivity contribution is 6.31. The molecule has 4 rings (SSSR count). The largest absolute Gasteiger partial charge is 0.497 e. The summed E-state index contributed by atoms with van der Waals surface area (Å²) in [7, 11) is 4.12. The second-order valence-electron chi connectivity index (χ2n) is 8.45. The van der Waals surface area contributed by atoms with Crippen molar-refractivity contribution < 1.29 is 28.6 Å². The zero-order chi connectivity index (χ0) is 25.3. The minimum atomic E-state index is -1.09. The molecule has 3 atom stereocenters. The normalized spacial score (nSPS) is 21.7. The Morgan fingerprint density at radius 3 is 2.29 bits per heavy atom.